The number of hydrogen-bond donors (Lipinski definition) is 0. The third-order valence-electron chi connectivity index (χ3n) is 5.37. The molecular formula is C28H27ClN2O3. The van der Waals surface area contributed by atoms with Gasteiger partial charge in [-0.3, -0.25) is 19.5 Å². The number of aliphatic imine (C=N–C) groups is 1. The topological polar surface area (TPSA) is 59.0 Å². The summed E-state index contributed by atoms with van der Waals surface area (Å²) >= 11 is 6.38. The van der Waals surface area contributed by atoms with Crippen LogP contribution in [-0.4, -0.2) is 35.8 Å². The molecule has 1 unspecified atom stereocenters. The van der Waals surface area contributed by atoms with Gasteiger partial charge in [-0.25, -0.2) is 0 Å². The number of fused-ring (bicyclic) bond motifs is 1. The number of esters is 1. The third-order valence-corrected chi connectivity index (χ3v) is 5.60. The molecule has 174 valence electrons. The lowest BCUT2D eigenvalue weighted by atomic mass is 10.00. The number of carbonyl (C=O) groups is 2. The highest BCUT2D eigenvalue weighted by molar-refractivity contribution is 6.32. The van der Waals surface area contributed by atoms with Gasteiger partial charge in [0, 0.05) is 22.6 Å². The van der Waals surface area contributed by atoms with E-state index in [2.05, 4.69) is 0 Å². The number of hydrogen-bond acceptors (Lipinski definition) is 4. The van der Waals surface area contributed by atoms with Crippen LogP contribution in [0.3, 0.4) is 0 Å². The highest BCUT2D eigenvalue weighted by Crippen LogP contribution is 2.32. The van der Waals surface area contributed by atoms with Crippen LogP contribution >= 0.6 is 11.6 Å². The highest BCUT2D eigenvalue weighted by Gasteiger charge is 2.34. The maximum Gasteiger partial charge on any atom is 0.326 e. The molecular weight excluding hydrogens is 448 g/mol. The molecule has 1 atom stereocenters. The Kier molecular flexibility index (Phi) is 6.85. The van der Waals surface area contributed by atoms with E-state index in [0.717, 1.165) is 11.1 Å². The average molecular weight is 475 g/mol. The molecule has 6 heteroatoms. The summed E-state index contributed by atoms with van der Waals surface area (Å²) in [4.78, 5) is 33.1. The fourth-order valence-corrected chi connectivity index (χ4v) is 4.15. The zero-order chi connectivity index (χ0) is 24.3. The molecule has 0 spiro atoms. The molecule has 0 aromatic heterocycles. The fourth-order valence-electron chi connectivity index (χ4n) is 3.97. The third kappa shape index (κ3) is 5.54. The lowest BCUT2D eigenvalue weighted by molar-refractivity contribution is -0.153. The minimum Gasteiger partial charge on any atom is -0.459 e. The summed E-state index contributed by atoms with van der Waals surface area (Å²) in [6, 6.07) is 24.0. The predicted molar refractivity (Wildman–Crippen MR) is 136 cm³/mol. The van der Waals surface area contributed by atoms with E-state index in [1.807, 2.05) is 60.7 Å². The van der Waals surface area contributed by atoms with Crippen molar-refractivity contribution in [2.24, 2.45) is 4.99 Å². The first-order valence-corrected chi connectivity index (χ1v) is 11.6. The molecule has 3 aromatic rings. The second-order valence-electron chi connectivity index (χ2n) is 9.22. The second-order valence-corrected chi connectivity index (χ2v) is 9.66. The summed E-state index contributed by atoms with van der Waals surface area (Å²) in [5.74, 6) is -0.743. The normalized spacial score (nSPS) is 15.9. The van der Waals surface area contributed by atoms with Gasteiger partial charge in [-0.05, 0) is 44.5 Å². The van der Waals surface area contributed by atoms with Crippen molar-refractivity contribution in [3.05, 3.63) is 101 Å². The number of ether oxygens (including phenoxy) is 1. The van der Waals surface area contributed by atoms with Crippen LogP contribution in [0, 0.1) is 0 Å². The van der Waals surface area contributed by atoms with Crippen molar-refractivity contribution in [3.8, 4) is 0 Å². The van der Waals surface area contributed by atoms with Crippen molar-refractivity contribution in [2.75, 3.05) is 11.4 Å². The van der Waals surface area contributed by atoms with Gasteiger partial charge in [0.15, 0.2) is 0 Å². The highest BCUT2D eigenvalue weighted by atomic mass is 35.5. The Hall–Kier alpha value is -3.44. The first-order chi connectivity index (χ1) is 16.2. The van der Waals surface area contributed by atoms with E-state index in [1.54, 1.807) is 39.0 Å². The fraction of sp³-hybridized carbons (Fsp3) is 0.250. The van der Waals surface area contributed by atoms with Crippen LogP contribution in [0.15, 0.2) is 83.9 Å². The Morgan fingerprint density at radius 3 is 2.29 bits per heavy atom. The summed E-state index contributed by atoms with van der Waals surface area (Å²) in [7, 11) is 0. The summed E-state index contributed by atoms with van der Waals surface area (Å²) < 4.78 is 5.54. The molecule has 5 nitrogen and oxygen atoms in total. The van der Waals surface area contributed by atoms with Gasteiger partial charge in [0.25, 0.3) is 5.91 Å². The van der Waals surface area contributed by atoms with Crippen molar-refractivity contribution in [2.45, 2.75) is 38.8 Å². The molecule has 0 radical (unpaired) electrons. The smallest absolute Gasteiger partial charge is 0.326 e. The molecule has 1 aliphatic rings. The molecule has 34 heavy (non-hydrogen) atoms. The first kappa shape index (κ1) is 23.7. The zero-order valence-electron chi connectivity index (χ0n) is 19.5. The van der Waals surface area contributed by atoms with Gasteiger partial charge in [-0.1, -0.05) is 72.3 Å². The maximum absolute atomic E-state index is 13.9. The van der Waals surface area contributed by atoms with E-state index >= 15 is 0 Å². The van der Waals surface area contributed by atoms with Crippen molar-refractivity contribution < 1.29 is 14.3 Å². The monoisotopic (exact) mass is 474 g/mol. The van der Waals surface area contributed by atoms with Gasteiger partial charge in [0.2, 0.25) is 0 Å². The van der Waals surface area contributed by atoms with Crippen LogP contribution < -0.4 is 4.90 Å². The number of anilines is 1. The number of halogens is 1. The molecule has 0 saturated carbocycles. The summed E-state index contributed by atoms with van der Waals surface area (Å²) in [5, 5.41) is 0.522. The van der Waals surface area contributed by atoms with Crippen molar-refractivity contribution >= 4 is 34.9 Å². The molecule has 1 heterocycles. The number of carbonyl (C=O) groups excluding carboxylic acids is 2. The molecule has 1 aliphatic heterocycles. The van der Waals surface area contributed by atoms with E-state index in [1.165, 1.54) is 4.90 Å². The number of amides is 1. The minimum absolute atomic E-state index is 0.215. The number of rotatable bonds is 5. The van der Waals surface area contributed by atoms with Gasteiger partial charge in [0.05, 0.1) is 11.4 Å². The molecule has 3 aromatic carbocycles. The lowest BCUT2D eigenvalue weighted by Crippen LogP contribution is -2.43. The average Bonchev–Trinajstić information content (AvgIpc) is 2.89. The van der Waals surface area contributed by atoms with Crippen LogP contribution in [0.1, 0.15) is 37.5 Å². The van der Waals surface area contributed by atoms with Crippen LogP contribution in [0.4, 0.5) is 5.69 Å². The molecule has 0 N–H and O–H groups in total. The minimum atomic E-state index is -0.716. The Labute approximate surface area is 205 Å². The van der Waals surface area contributed by atoms with E-state index in [0.29, 0.717) is 28.4 Å². The molecule has 1 amide bonds. The molecule has 0 aliphatic carbocycles. The molecule has 0 bridgehead atoms. The van der Waals surface area contributed by atoms with Gasteiger partial charge >= 0.3 is 5.97 Å². The van der Waals surface area contributed by atoms with E-state index < -0.39 is 17.6 Å². The second kappa shape index (κ2) is 9.82. The molecule has 0 fully saturated rings. The SMILES string of the molecule is CC(C)(C)OC(=O)CN1C(=O)C(Cc2ccccc2)N=C(c2ccccc2)c2cc(Cl)ccc21. The largest absolute Gasteiger partial charge is 0.459 e. The summed E-state index contributed by atoms with van der Waals surface area (Å²) in [6.45, 7) is 5.20. The Balaban J connectivity index is 1.84. The maximum atomic E-state index is 13.9. The Morgan fingerprint density at radius 2 is 1.65 bits per heavy atom. The molecule has 0 saturated heterocycles. The standard InChI is InChI=1S/C28H27ClN2O3/c1-28(2,3)34-25(32)18-31-24-15-14-21(29)17-22(24)26(20-12-8-5-9-13-20)30-23(27(31)33)16-19-10-6-4-7-11-19/h4-15,17,23H,16,18H2,1-3H3. The Bertz CT molecular complexity index is 1220. The zero-order valence-corrected chi connectivity index (χ0v) is 20.3. The van der Waals surface area contributed by atoms with Crippen LogP contribution in [-0.2, 0) is 20.7 Å². The lowest BCUT2D eigenvalue weighted by Gasteiger charge is -2.27. The van der Waals surface area contributed by atoms with Crippen LogP contribution in [0.2, 0.25) is 5.02 Å². The van der Waals surface area contributed by atoms with E-state index in [-0.39, 0.29) is 12.5 Å². The molecule has 4 rings (SSSR count). The van der Waals surface area contributed by atoms with Gasteiger partial charge in [0.1, 0.15) is 18.2 Å². The summed E-state index contributed by atoms with van der Waals surface area (Å²) in [5.41, 5.74) is 3.14. The number of nitrogens with zero attached hydrogens (tertiary/aromatic N) is 2. The van der Waals surface area contributed by atoms with E-state index in [4.69, 9.17) is 21.3 Å². The van der Waals surface area contributed by atoms with Crippen LogP contribution in [0.25, 0.3) is 0 Å². The van der Waals surface area contributed by atoms with Crippen molar-refractivity contribution in [1.82, 2.24) is 0 Å². The van der Waals surface area contributed by atoms with Crippen molar-refractivity contribution in [1.29, 1.82) is 0 Å². The Morgan fingerprint density at radius 1 is 1.00 bits per heavy atom. The van der Waals surface area contributed by atoms with Gasteiger partial charge in [-0.2, -0.15) is 0 Å². The van der Waals surface area contributed by atoms with E-state index in [9.17, 15) is 9.59 Å². The summed E-state index contributed by atoms with van der Waals surface area (Å²) in [6.07, 6.45) is 0.405. The van der Waals surface area contributed by atoms with Crippen LogP contribution in [0.5, 0.6) is 0 Å². The quantitative estimate of drug-likeness (QED) is 0.460. The van der Waals surface area contributed by atoms with Gasteiger partial charge < -0.3 is 4.74 Å². The van der Waals surface area contributed by atoms with Gasteiger partial charge in [-0.15, -0.1) is 0 Å². The first-order valence-electron chi connectivity index (χ1n) is 11.2. The van der Waals surface area contributed by atoms with Crippen molar-refractivity contribution in [3.63, 3.8) is 0 Å². The predicted octanol–water partition coefficient (Wildman–Crippen LogP) is 5.48. The number of benzodiazepines with no additional fused rings is 1. The number of benzene rings is 3.